The van der Waals surface area contributed by atoms with Crippen molar-refractivity contribution in [2.75, 3.05) is 6.61 Å². The topological polar surface area (TPSA) is 47.6 Å². The molecule has 0 fully saturated rings. The molecule has 2 atom stereocenters. The van der Waals surface area contributed by atoms with E-state index in [0.29, 0.717) is 11.5 Å². The third-order valence-corrected chi connectivity index (χ3v) is 2.80. The highest BCUT2D eigenvalue weighted by atomic mass is 16.6. The molecule has 0 bridgehead atoms. The fourth-order valence-electron chi connectivity index (χ4n) is 1.59. The zero-order chi connectivity index (χ0) is 12.3. The van der Waals surface area contributed by atoms with Crippen LogP contribution in [0.4, 0.5) is 0 Å². The Morgan fingerprint density at radius 3 is 2.88 bits per heavy atom. The molecule has 2 rings (SSSR count). The Morgan fingerprint density at radius 1 is 1.47 bits per heavy atom. The zero-order valence-electron chi connectivity index (χ0n) is 10.1. The largest absolute Gasteiger partial charge is 0.485 e. The van der Waals surface area contributed by atoms with E-state index < -0.39 is 6.10 Å². The molecule has 4 nitrogen and oxygen atoms in total. The molecule has 92 valence electrons. The molecule has 0 unspecified atom stereocenters. The molecule has 0 spiro atoms. The maximum absolute atomic E-state index is 11.9. The molecule has 1 amide bonds. The predicted molar refractivity (Wildman–Crippen MR) is 64.2 cm³/mol. The molecule has 17 heavy (non-hydrogen) atoms. The molecule has 1 aliphatic heterocycles. The van der Waals surface area contributed by atoms with Gasteiger partial charge in [-0.25, -0.2) is 0 Å². The minimum absolute atomic E-state index is 0.117. The second-order valence-electron chi connectivity index (χ2n) is 4.18. The van der Waals surface area contributed by atoms with Gasteiger partial charge in [0, 0.05) is 6.04 Å². The molecule has 4 heteroatoms. The first kappa shape index (κ1) is 11.8. The summed E-state index contributed by atoms with van der Waals surface area (Å²) in [5.74, 6) is 1.21. The number of benzene rings is 1. The Labute approximate surface area is 101 Å². The molecule has 1 aromatic rings. The molecular weight excluding hydrogens is 218 g/mol. The lowest BCUT2D eigenvalue weighted by molar-refractivity contribution is -0.131. The third kappa shape index (κ3) is 2.70. The van der Waals surface area contributed by atoms with Crippen molar-refractivity contribution in [1.29, 1.82) is 0 Å². The lowest BCUT2D eigenvalue weighted by atomic mass is 10.2. The smallest absolute Gasteiger partial charge is 0.264 e. The minimum Gasteiger partial charge on any atom is -0.485 e. The van der Waals surface area contributed by atoms with E-state index in [1.54, 1.807) is 6.07 Å². The number of para-hydroxylation sites is 2. The standard InChI is InChI=1S/C13H17NO3/c1-3-9(2)14-13(15)12-8-16-10-6-4-5-7-11(10)17-12/h4-7,9,12H,3,8H2,1-2H3,(H,14,15)/t9-,12+/m1/s1. The Bertz CT molecular complexity index is 405. The first-order valence-electron chi connectivity index (χ1n) is 5.89. The summed E-state index contributed by atoms with van der Waals surface area (Å²) in [4.78, 5) is 11.9. The first-order chi connectivity index (χ1) is 8.20. The molecule has 0 saturated carbocycles. The van der Waals surface area contributed by atoms with Crippen molar-refractivity contribution in [3.63, 3.8) is 0 Å². The highest BCUT2D eigenvalue weighted by molar-refractivity contribution is 5.82. The molecule has 1 N–H and O–H groups in total. The van der Waals surface area contributed by atoms with E-state index in [9.17, 15) is 4.79 Å². The molecule has 0 aliphatic carbocycles. The Hall–Kier alpha value is -1.71. The van der Waals surface area contributed by atoms with Crippen LogP contribution in [0, 0.1) is 0 Å². The van der Waals surface area contributed by atoms with Crippen LogP contribution in [0.15, 0.2) is 24.3 Å². The summed E-state index contributed by atoms with van der Waals surface area (Å²) in [6.07, 6.45) is 0.342. The second-order valence-corrected chi connectivity index (χ2v) is 4.18. The van der Waals surface area contributed by atoms with Gasteiger partial charge in [0.25, 0.3) is 5.91 Å². The monoisotopic (exact) mass is 235 g/mol. The van der Waals surface area contributed by atoms with Crippen LogP contribution in [0.5, 0.6) is 11.5 Å². The zero-order valence-corrected chi connectivity index (χ0v) is 10.1. The van der Waals surface area contributed by atoms with Crippen LogP contribution in [-0.2, 0) is 4.79 Å². The summed E-state index contributed by atoms with van der Waals surface area (Å²) in [7, 11) is 0. The van der Waals surface area contributed by atoms with Gasteiger partial charge >= 0.3 is 0 Å². The van der Waals surface area contributed by atoms with Gasteiger partial charge in [0.2, 0.25) is 6.10 Å². The number of hydrogen-bond donors (Lipinski definition) is 1. The Morgan fingerprint density at radius 2 is 2.18 bits per heavy atom. The van der Waals surface area contributed by atoms with E-state index in [1.165, 1.54) is 0 Å². The summed E-state index contributed by atoms with van der Waals surface area (Å²) in [6, 6.07) is 7.53. The average Bonchev–Trinajstić information content (AvgIpc) is 2.38. The Balaban J connectivity index is 2.00. The van der Waals surface area contributed by atoms with Gasteiger partial charge in [-0.05, 0) is 25.5 Å². The highest BCUT2D eigenvalue weighted by Gasteiger charge is 2.27. The van der Waals surface area contributed by atoms with Gasteiger partial charge in [-0.1, -0.05) is 19.1 Å². The van der Waals surface area contributed by atoms with Gasteiger partial charge in [0.15, 0.2) is 11.5 Å². The maximum Gasteiger partial charge on any atom is 0.264 e. The number of carbonyl (C=O) groups is 1. The van der Waals surface area contributed by atoms with Crippen molar-refractivity contribution in [2.24, 2.45) is 0 Å². The molecule has 0 aromatic heterocycles. The third-order valence-electron chi connectivity index (χ3n) is 2.80. The number of rotatable bonds is 3. The van der Waals surface area contributed by atoms with Crippen LogP contribution in [0.25, 0.3) is 0 Å². The number of nitrogens with one attached hydrogen (secondary N) is 1. The van der Waals surface area contributed by atoms with Gasteiger partial charge in [-0.2, -0.15) is 0 Å². The van der Waals surface area contributed by atoms with Gasteiger partial charge in [0.05, 0.1) is 0 Å². The van der Waals surface area contributed by atoms with Crippen molar-refractivity contribution in [1.82, 2.24) is 5.32 Å². The molecule has 1 aliphatic rings. The lowest BCUT2D eigenvalue weighted by Crippen LogP contribution is -2.46. The van der Waals surface area contributed by atoms with Crippen molar-refractivity contribution in [2.45, 2.75) is 32.4 Å². The molecule has 1 aromatic carbocycles. The minimum atomic E-state index is -0.557. The van der Waals surface area contributed by atoms with E-state index in [2.05, 4.69) is 5.32 Å². The van der Waals surface area contributed by atoms with Crippen molar-refractivity contribution < 1.29 is 14.3 Å². The summed E-state index contributed by atoms with van der Waals surface area (Å²) in [6.45, 7) is 4.26. The number of ether oxygens (including phenoxy) is 2. The Kier molecular flexibility index (Phi) is 3.52. The molecular formula is C13H17NO3. The highest BCUT2D eigenvalue weighted by Crippen LogP contribution is 2.30. The average molecular weight is 235 g/mol. The summed E-state index contributed by atoms with van der Waals surface area (Å²) < 4.78 is 11.1. The van der Waals surface area contributed by atoms with Crippen molar-refractivity contribution >= 4 is 5.91 Å². The summed E-state index contributed by atoms with van der Waals surface area (Å²) >= 11 is 0. The predicted octanol–water partition coefficient (Wildman–Crippen LogP) is 1.74. The number of hydrogen-bond acceptors (Lipinski definition) is 3. The molecule has 1 heterocycles. The fourth-order valence-corrected chi connectivity index (χ4v) is 1.59. The SMILES string of the molecule is CC[C@@H](C)NC(=O)[C@@H]1COc2ccccc2O1. The second kappa shape index (κ2) is 5.08. The van der Waals surface area contributed by atoms with Gasteiger partial charge < -0.3 is 14.8 Å². The summed E-state index contributed by atoms with van der Waals surface area (Å²) in [5, 5.41) is 2.89. The normalized spacial score (nSPS) is 19.5. The maximum atomic E-state index is 11.9. The fraction of sp³-hybridized carbons (Fsp3) is 0.462. The van der Waals surface area contributed by atoms with Gasteiger partial charge in [0.1, 0.15) is 6.61 Å². The van der Waals surface area contributed by atoms with Crippen LogP contribution in [-0.4, -0.2) is 24.7 Å². The van der Waals surface area contributed by atoms with Crippen LogP contribution in [0.2, 0.25) is 0 Å². The molecule has 0 radical (unpaired) electrons. The van der Waals surface area contributed by atoms with Crippen LogP contribution in [0.3, 0.4) is 0 Å². The summed E-state index contributed by atoms with van der Waals surface area (Å²) in [5.41, 5.74) is 0. The van der Waals surface area contributed by atoms with Gasteiger partial charge in [-0.3, -0.25) is 4.79 Å². The number of carbonyl (C=O) groups excluding carboxylic acids is 1. The van der Waals surface area contributed by atoms with E-state index in [4.69, 9.17) is 9.47 Å². The quantitative estimate of drug-likeness (QED) is 0.868. The van der Waals surface area contributed by atoms with Gasteiger partial charge in [-0.15, -0.1) is 0 Å². The van der Waals surface area contributed by atoms with Crippen molar-refractivity contribution in [3.8, 4) is 11.5 Å². The first-order valence-corrected chi connectivity index (χ1v) is 5.89. The van der Waals surface area contributed by atoms with Crippen LogP contribution in [0.1, 0.15) is 20.3 Å². The van der Waals surface area contributed by atoms with E-state index in [0.717, 1.165) is 6.42 Å². The van der Waals surface area contributed by atoms with E-state index >= 15 is 0 Å². The van der Waals surface area contributed by atoms with Crippen molar-refractivity contribution in [3.05, 3.63) is 24.3 Å². The van der Waals surface area contributed by atoms with E-state index in [1.807, 2.05) is 32.0 Å². The van der Waals surface area contributed by atoms with Crippen LogP contribution >= 0.6 is 0 Å². The number of amides is 1. The number of fused-ring (bicyclic) bond motifs is 1. The lowest BCUT2D eigenvalue weighted by Gasteiger charge is -2.26. The van der Waals surface area contributed by atoms with E-state index in [-0.39, 0.29) is 18.6 Å². The molecule has 0 saturated heterocycles. The van der Waals surface area contributed by atoms with Crippen LogP contribution < -0.4 is 14.8 Å².